The zero-order valence-corrected chi connectivity index (χ0v) is 22.0. The number of Topliss-reactive ketones (excluding diaryl/α,β-unsaturated/α-hetero) is 1. The molecule has 1 aromatic rings. The normalized spacial score (nSPS) is 42.3. The van der Waals surface area contributed by atoms with Gasteiger partial charge in [-0.15, -0.1) is 11.6 Å². The minimum absolute atomic E-state index is 0.0656. The summed E-state index contributed by atoms with van der Waals surface area (Å²) < 4.78 is 5.23. The summed E-state index contributed by atoms with van der Waals surface area (Å²) in [6.07, 6.45) is 5.76. The molecule has 5 rings (SSSR count). The third kappa shape index (κ3) is 3.36. The summed E-state index contributed by atoms with van der Waals surface area (Å²) in [7, 11) is 0. The van der Waals surface area contributed by atoms with Crippen LogP contribution in [0.4, 0.5) is 0 Å². The van der Waals surface area contributed by atoms with Crippen LogP contribution in [0.15, 0.2) is 48.1 Å². The number of hydrogen-bond donors (Lipinski definition) is 3. The average Bonchev–Trinajstić information content (AvgIpc) is 3.05. The molecule has 3 fully saturated rings. The van der Waals surface area contributed by atoms with E-state index in [-0.39, 0.29) is 35.4 Å². The Morgan fingerprint density at radius 2 is 1.89 bits per heavy atom. The summed E-state index contributed by atoms with van der Waals surface area (Å²) in [5.41, 5.74) is -2.73. The molecular formula is C29H33ClO7. The first-order valence-electron chi connectivity index (χ1n) is 12.8. The van der Waals surface area contributed by atoms with Gasteiger partial charge in [-0.25, -0.2) is 4.79 Å². The minimum atomic E-state index is -1.84. The number of hydrogen-bond acceptors (Lipinski definition) is 7. The third-order valence-corrected chi connectivity index (χ3v) is 11.0. The maximum atomic E-state index is 13.6. The number of alkyl halides is 1. The van der Waals surface area contributed by atoms with Crippen molar-refractivity contribution < 1.29 is 34.4 Å². The second-order valence-electron chi connectivity index (χ2n) is 11.7. The SMILES string of the molecule is C[C@H]1C[C@H]2[C@@H]3CCC4=CC(=O)C=C[C@]4(C)[C@@]3(Cl)[C@@H](O)C[C@]2(C)[C@@]1(O)C(=O)COC(=O)c1ccccc1O. The molecule has 7 nitrogen and oxygen atoms in total. The van der Waals surface area contributed by atoms with Crippen LogP contribution >= 0.6 is 11.6 Å². The van der Waals surface area contributed by atoms with Gasteiger partial charge in [-0.1, -0.05) is 44.6 Å². The van der Waals surface area contributed by atoms with E-state index in [2.05, 4.69) is 0 Å². The van der Waals surface area contributed by atoms with Gasteiger partial charge in [0.05, 0.1) is 11.0 Å². The Labute approximate surface area is 221 Å². The van der Waals surface area contributed by atoms with Gasteiger partial charge in [0.1, 0.15) is 16.9 Å². The summed E-state index contributed by atoms with van der Waals surface area (Å²) >= 11 is 7.41. The molecule has 8 atom stereocenters. The van der Waals surface area contributed by atoms with Gasteiger partial charge in [-0.05, 0) is 67.7 Å². The molecule has 0 amide bonds. The van der Waals surface area contributed by atoms with Gasteiger partial charge < -0.3 is 20.1 Å². The number of halogens is 1. The third-order valence-electron chi connectivity index (χ3n) is 10.1. The van der Waals surface area contributed by atoms with Crippen LogP contribution in [0, 0.1) is 28.6 Å². The van der Waals surface area contributed by atoms with Crippen molar-refractivity contribution in [1.29, 1.82) is 0 Å². The lowest BCUT2D eigenvalue weighted by Crippen LogP contribution is -2.69. The smallest absolute Gasteiger partial charge is 0.342 e. The fraction of sp³-hybridized carbons (Fsp3) is 0.552. The van der Waals surface area contributed by atoms with Gasteiger partial charge >= 0.3 is 5.97 Å². The summed E-state index contributed by atoms with van der Waals surface area (Å²) in [4.78, 5) is 37.0. The number of aliphatic hydroxyl groups excluding tert-OH is 1. The van der Waals surface area contributed by atoms with E-state index in [1.165, 1.54) is 18.2 Å². The number of aliphatic hydroxyl groups is 2. The van der Waals surface area contributed by atoms with Crippen molar-refractivity contribution in [3.05, 3.63) is 53.6 Å². The number of rotatable bonds is 4. The molecule has 3 N–H and O–H groups in total. The first-order chi connectivity index (χ1) is 17.3. The van der Waals surface area contributed by atoms with E-state index in [9.17, 15) is 29.7 Å². The van der Waals surface area contributed by atoms with Gasteiger partial charge in [-0.2, -0.15) is 0 Å². The van der Waals surface area contributed by atoms with E-state index in [4.69, 9.17) is 16.3 Å². The number of carbonyl (C=O) groups excluding carboxylic acids is 3. The Morgan fingerprint density at radius 3 is 2.59 bits per heavy atom. The Balaban J connectivity index is 1.44. The topological polar surface area (TPSA) is 121 Å². The van der Waals surface area contributed by atoms with Crippen molar-refractivity contribution in [3.63, 3.8) is 0 Å². The first-order valence-corrected chi connectivity index (χ1v) is 13.2. The molecule has 4 aliphatic rings. The molecular weight excluding hydrogens is 496 g/mol. The molecule has 0 bridgehead atoms. The Hall–Kier alpha value is -2.48. The van der Waals surface area contributed by atoms with Crippen LogP contribution in [0.25, 0.3) is 0 Å². The van der Waals surface area contributed by atoms with Crippen LogP contribution in [0.2, 0.25) is 0 Å². The molecule has 0 heterocycles. The summed E-state index contributed by atoms with van der Waals surface area (Å²) in [5.74, 6) is -2.68. The maximum Gasteiger partial charge on any atom is 0.342 e. The van der Waals surface area contributed by atoms with E-state index in [0.29, 0.717) is 19.3 Å². The maximum absolute atomic E-state index is 13.6. The highest BCUT2D eigenvalue weighted by molar-refractivity contribution is 6.26. The zero-order valence-electron chi connectivity index (χ0n) is 21.2. The fourth-order valence-electron chi connectivity index (χ4n) is 8.11. The van der Waals surface area contributed by atoms with E-state index >= 15 is 0 Å². The molecule has 8 heteroatoms. The largest absolute Gasteiger partial charge is 0.507 e. The van der Waals surface area contributed by atoms with Crippen molar-refractivity contribution >= 4 is 29.1 Å². The Bertz CT molecular complexity index is 1240. The molecule has 4 aliphatic carbocycles. The number of ether oxygens (including phenoxy) is 1. The number of phenolic OH excluding ortho intramolecular Hbond substituents is 1. The quantitative estimate of drug-likeness (QED) is 0.402. The molecule has 37 heavy (non-hydrogen) atoms. The molecule has 198 valence electrons. The van der Waals surface area contributed by atoms with Crippen LogP contribution in [0.3, 0.4) is 0 Å². The van der Waals surface area contributed by atoms with Gasteiger partial charge in [0.2, 0.25) is 5.78 Å². The van der Waals surface area contributed by atoms with E-state index in [1.807, 2.05) is 26.8 Å². The van der Waals surface area contributed by atoms with Crippen LogP contribution in [-0.4, -0.2) is 56.0 Å². The lowest BCUT2D eigenvalue weighted by atomic mass is 9.45. The van der Waals surface area contributed by atoms with Crippen molar-refractivity contribution in [3.8, 4) is 5.75 Å². The highest BCUT2D eigenvalue weighted by atomic mass is 35.5. The number of phenols is 1. The summed E-state index contributed by atoms with van der Waals surface area (Å²) in [5, 5.41) is 33.6. The van der Waals surface area contributed by atoms with Gasteiger partial charge in [0, 0.05) is 10.8 Å². The number of benzene rings is 1. The van der Waals surface area contributed by atoms with Crippen LogP contribution in [-0.2, 0) is 14.3 Å². The predicted molar refractivity (Wildman–Crippen MR) is 136 cm³/mol. The van der Waals surface area contributed by atoms with Crippen LogP contribution in [0.5, 0.6) is 5.75 Å². The zero-order chi connectivity index (χ0) is 27.0. The van der Waals surface area contributed by atoms with Gasteiger partial charge in [0.15, 0.2) is 12.4 Å². The first kappa shape index (κ1) is 26.1. The summed E-state index contributed by atoms with van der Waals surface area (Å²) in [6.45, 7) is 4.95. The number of esters is 1. The predicted octanol–water partition coefficient (Wildman–Crippen LogP) is 3.74. The van der Waals surface area contributed by atoms with Gasteiger partial charge in [0.25, 0.3) is 0 Å². The highest BCUT2D eigenvalue weighted by Gasteiger charge is 2.74. The number of fused-ring (bicyclic) bond motifs is 5. The molecule has 0 aromatic heterocycles. The molecule has 1 aromatic carbocycles. The van der Waals surface area contributed by atoms with Crippen molar-refractivity contribution in [2.75, 3.05) is 6.61 Å². The van der Waals surface area contributed by atoms with Crippen molar-refractivity contribution in [2.24, 2.45) is 28.6 Å². The molecule has 0 aliphatic heterocycles. The highest BCUT2D eigenvalue weighted by Crippen LogP contribution is 2.71. The minimum Gasteiger partial charge on any atom is -0.507 e. The molecule has 3 saturated carbocycles. The van der Waals surface area contributed by atoms with Crippen LogP contribution in [0.1, 0.15) is 56.8 Å². The fourth-order valence-corrected chi connectivity index (χ4v) is 8.63. The van der Waals surface area contributed by atoms with Crippen molar-refractivity contribution in [2.45, 2.75) is 63.0 Å². The van der Waals surface area contributed by atoms with Crippen molar-refractivity contribution in [1.82, 2.24) is 0 Å². The van der Waals surface area contributed by atoms with E-state index in [0.717, 1.165) is 5.57 Å². The monoisotopic (exact) mass is 528 g/mol. The molecule has 0 saturated heterocycles. The lowest BCUT2D eigenvalue weighted by Gasteiger charge is -2.63. The number of carbonyl (C=O) groups is 3. The lowest BCUT2D eigenvalue weighted by molar-refractivity contribution is -0.179. The summed E-state index contributed by atoms with van der Waals surface area (Å²) in [6, 6.07) is 5.88. The Kier molecular flexibility index (Phi) is 6.02. The number of allylic oxidation sites excluding steroid dienone is 4. The van der Waals surface area contributed by atoms with E-state index in [1.54, 1.807) is 18.2 Å². The second kappa shape index (κ2) is 8.52. The number of ketones is 2. The standard InChI is InChI=1S/C29H33ClO7/c1-16-12-21-20-9-8-17-13-18(31)10-11-26(17,2)28(20,30)23(33)14-27(21,3)29(16,36)24(34)15-37-25(35)19-6-4-5-7-22(19)32/h4-7,10-11,13,16,20-21,23,32-33,36H,8-9,12,14-15H2,1-3H3/t16-,20-,21-,23-,26-,27-,28-,29-/m0/s1. The van der Waals surface area contributed by atoms with E-state index < -0.39 is 51.7 Å². The van der Waals surface area contributed by atoms with Crippen LogP contribution < -0.4 is 0 Å². The van der Waals surface area contributed by atoms with Gasteiger partial charge in [-0.3, -0.25) is 9.59 Å². The number of para-hydroxylation sites is 1. The number of aromatic hydroxyl groups is 1. The average molecular weight is 529 g/mol. The Morgan fingerprint density at radius 1 is 1.19 bits per heavy atom. The molecule has 0 radical (unpaired) electrons. The second-order valence-corrected chi connectivity index (χ2v) is 12.3. The molecule has 0 unspecified atom stereocenters. The molecule has 0 spiro atoms.